The SMILES string of the molecule is CC(C)(C)c1ccccc1.CC(C)(C)c1ccccc1F.CC(C)(C)c1ccccn1.CC(C)(C)c1ccns1.CC(C)(C)c1ccsn1.CC(C)(C)c1cncc(F)n1.CC(C)(C)c1cnccn1.CC(C)(C)c1cnsc1.CC(C)(C)c1cscn1.CC(C)(C)c1ncc(F)cn1.CC(C)(C)c1ncccn1.CC(C)(C)c1nccs1.CC(C)(C)c1ncsc1Cl.Cc1ccc(C(C)(C)C)nc1.Cc1nc(C(C)(C)C)cs1. The summed E-state index contributed by atoms with van der Waals surface area (Å²) < 4.78 is 51.1. The van der Waals surface area contributed by atoms with E-state index in [-0.39, 0.29) is 81.6 Å². The zero-order chi connectivity index (χ0) is 114. The number of aryl methyl sites for hydroxylation is 2. The minimum Gasteiger partial charge on any atom is -0.261 e. The van der Waals surface area contributed by atoms with Gasteiger partial charge in [-0.25, -0.2) is 62.4 Å². The molecule has 13 heterocycles. The van der Waals surface area contributed by atoms with Crippen LogP contribution in [0.25, 0.3) is 0 Å². The minimum atomic E-state index is -0.516. The topological polar surface area (TPSA) is 219 Å². The fourth-order valence-corrected chi connectivity index (χ4v) is 16.5. The molecule has 0 N–H and O–H groups in total. The summed E-state index contributed by atoms with van der Waals surface area (Å²) in [5.74, 6) is 0.546. The van der Waals surface area contributed by atoms with Gasteiger partial charge < -0.3 is 0 Å². The molecule has 0 fully saturated rings. The lowest BCUT2D eigenvalue weighted by Crippen LogP contribution is -2.15. The number of pyridine rings is 2. The van der Waals surface area contributed by atoms with Gasteiger partial charge in [-0.2, -0.15) is 8.76 Å². The molecular formula is C121H179ClF3N17S7. The summed E-state index contributed by atoms with van der Waals surface area (Å²) in [6.45, 7) is 99.9. The average molecular weight is 2190 g/mol. The molecule has 13 aromatic heterocycles. The normalized spacial score (nSPS) is 11.7. The Labute approximate surface area is 930 Å². The van der Waals surface area contributed by atoms with Gasteiger partial charge in [0, 0.05) is 171 Å². The van der Waals surface area contributed by atoms with E-state index in [1.54, 1.807) is 94.3 Å². The van der Waals surface area contributed by atoms with Crippen molar-refractivity contribution in [2.75, 3.05) is 0 Å². The number of nitrogens with zero attached hydrogens (tertiary/aromatic N) is 17. The van der Waals surface area contributed by atoms with Crippen LogP contribution in [0.4, 0.5) is 13.2 Å². The van der Waals surface area contributed by atoms with Crippen LogP contribution in [-0.4, -0.2) is 82.9 Å². The van der Waals surface area contributed by atoms with E-state index in [1.165, 1.54) is 96.5 Å². The summed E-state index contributed by atoms with van der Waals surface area (Å²) in [5, 5.41) is 12.7. The van der Waals surface area contributed by atoms with E-state index in [1.807, 2.05) is 147 Å². The van der Waals surface area contributed by atoms with E-state index in [0.717, 1.165) is 49.7 Å². The largest absolute Gasteiger partial charge is 0.261 e. The van der Waals surface area contributed by atoms with E-state index in [0.29, 0.717) is 16.9 Å². The second-order valence-electron chi connectivity index (χ2n) is 50.8. The highest BCUT2D eigenvalue weighted by molar-refractivity contribution is 7.14. The van der Waals surface area contributed by atoms with Crippen molar-refractivity contribution in [3.63, 3.8) is 0 Å². The quantitative estimate of drug-likeness (QED) is 0.138. The number of rotatable bonds is 0. The van der Waals surface area contributed by atoms with Gasteiger partial charge in [0.25, 0.3) is 0 Å². The summed E-state index contributed by atoms with van der Waals surface area (Å²) in [6.07, 6.45) is 23.2. The van der Waals surface area contributed by atoms with Gasteiger partial charge in [-0.3, -0.25) is 24.9 Å². The molecule has 0 atom stereocenters. The van der Waals surface area contributed by atoms with E-state index in [2.05, 4.69) is 416 Å². The molecular weight excluding hydrogens is 2010 g/mol. The molecule has 0 radical (unpaired) electrons. The third-order valence-electron chi connectivity index (χ3n) is 20.2. The second kappa shape index (κ2) is 62.0. The van der Waals surface area contributed by atoms with Crippen LogP contribution in [0.1, 0.15) is 406 Å². The predicted octanol–water partition coefficient (Wildman–Crippen LogP) is 36.6. The van der Waals surface area contributed by atoms with Gasteiger partial charge in [0.2, 0.25) is 5.95 Å². The smallest absolute Gasteiger partial charge is 0.231 e. The molecule has 0 saturated carbocycles. The summed E-state index contributed by atoms with van der Waals surface area (Å²) in [5.41, 5.74) is 19.0. The van der Waals surface area contributed by atoms with Gasteiger partial charge in [-0.05, 0) is 135 Å². The Balaban J connectivity index is 0.000000799. The van der Waals surface area contributed by atoms with Crippen molar-refractivity contribution in [2.24, 2.45) is 0 Å². The lowest BCUT2D eigenvalue weighted by molar-refractivity contribution is 0.516. The van der Waals surface area contributed by atoms with Gasteiger partial charge in [0.15, 0.2) is 5.82 Å². The molecule has 818 valence electrons. The fourth-order valence-electron chi connectivity index (χ4n) is 10.9. The molecule has 0 aliphatic carbocycles. The molecule has 0 saturated heterocycles. The Morgan fingerprint density at radius 1 is 0.282 bits per heavy atom. The predicted molar refractivity (Wildman–Crippen MR) is 639 cm³/mol. The first-order valence-corrected chi connectivity index (χ1v) is 56.6. The monoisotopic (exact) mass is 2190 g/mol. The lowest BCUT2D eigenvalue weighted by atomic mass is 9.87. The Kier molecular flexibility index (Phi) is 57.3. The standard InChI is InChI=1S/C10H13F.C10H15N.C10H14.C9H13N.2C8H11FN2.2C8H12N2.C8H13NS.C7H10ClNS.5C7H11NS/c1-10(2,3)8-6-4-5-7-9(8)11;1-8-5-6-9(11-7-8)10(2,3)4;1-10(2,3)9-7-5-4-6-8-9;1-9(2,3)8-6-4-5-7-10-8;1-8(2,3)6-4-10-5-7(9)11-6;1-8(2,3)7-10-4-6(9)5-11-7;1-8(2,3)7-6-9-4-5-10-7;1-8(2,3)7-9-5-4-6-10-7;1-6-9-7(5-10-6)8(2,3)4;1-7(2,3)5-6(8)10-4-9-5;1-7(2,3)6-4-9-5-8-6;1-7(2,3)6-4-8-9-5-6;1-7(2,3)6-8-4-5-9-6;1-7(2,3)6-4-5-9-8-6;1-7(2,3)6-4-5-8-9-6/h4-7H,1-3H3;5-7H,1-4H3;4-8H,1-3H3;4-7H,1-3H3;2*4-5H,1-3H3;2*4-6H,1-3H3;5H,1-4H3;4H,1-3H3;5*4-5H,1-3H3. The van der Waals surface area contributed by atoms with Crippen LogP contribution in [0.2, 0.25) is 4.34 Å². The van der Waals surface area contributed by atoms with Crippen molar-refractivity contribution >= 4 is 91.5 Å². The highest BCUT2D eigenvalue weighted by atomic mass is 35.5. The molecule has 149 heavy (non-hydrogen) atoms. The van der Waals surface area contributed by atoms with E-state index in [9.17, 15) is 13.2 Å². The number of aromatic nitrogens is 17. The van der Waals surface area contributed by atoms with E-state index < -0.39 is 11.8 Å². The molecule has 15 rings (SSSR count). The summed E-state index contributed by atoms with van der Waals surface area (Å²) >= 11 is 17.1. The second-order valence-corrected chi connectivity index (χ2v) is 57.0. The van der Waals surface area contributed by atoms with Gasteiger partial charge in [-0.1, -0.05) is 384 Å². The average Bonchev–Trinajstić information content (AvgIpc) is 1.82. The van der Waals surface area contributed by atoms with Gasteiger partial charge in [0.1, 0.15) is 21.8 Å². The van der Waals surface area contributed by atoms with Crippen LogP contribution in [0.5, 0.6) is 0 Å². The molecule has 17 nitrogen and oxygen atoms in total. The van der Waals surface area contributed by atoms with E-state index in [4.69, 9.17) is 11.6 Å². The molecule has 2 aromatic carbocycles. The third-order valence-corrected chi connectivity index (χ3v) is 26.2. The zero-order valence-electron chi connectivity index (χ0n) is 98.9. The highest BCUT2D eigenvalue weighted by Crippen LogP contribution is 2.34. The molecule has 28 heteroatoms. The third kappa shape index (κ3) is 60.0. The molecule has 0 bridgehead atoms. The summed E-state index contributed by atoms with van der Waals surface area (Å²) in [4.78, 5) is 58.5. The molecule has 0 aliphatic heterocycles. The van der Waals surface area contributed by atoms with Crippen molar-refractivity contribution in [1.82, 2.24) is 82.9 Å². The Morgan fingerprint density at radius 3 is 1.07 bits per heavy atom. The highest BCUT2D eigenvalue weighted by Gasteiger charge is 2.26. The Morgan fingerprint density at radius 2 is 0.792 bits per heavy atom. The molecule has 15 aromatic rings. The van der Waals surface area contributed by atoms with Crippen LogP contribution in [0.3, 0.4) is 0 Å². The van der Waals surface area contributed by atoms with Crippen LogP contribution in [0.15, 0.2) is 228 Å². The Bertz CT molecular complexity index is 5450. The summed E-state index contributed by atoms with van der Waals surface area (Å²) in [7, 11) is 0. The van der Waals surface area contributed by atoms with Crippen molar-refractivity contribution < 1.29 is 13.2 Å². The lowest BCUT2D eigenvalue weighted by Gasteiger charge is -2.19. The minimum absolute atomic E-state index is 0.0707. The number of hydrogen-bond donors (Lipinski definition) is 0. The number of benzene rings is 2. The first kappa shape index (κ1) is 138. The molecule has 0 amide bonds. The maximum absolute atomic E-state index is 13.1. The van der Waals surface area contributed by atoms with Gasteiger partial charge in [-0.15, -0.1) is 45.3 Å². The van der Waals surface area contributed by atoms with Gasteiger partial charge in [0.05, 0.1) is 73.8 Å². The zero-order valence-corrected chi connectivity index (χ0v) is 105. The van der Waals surface area contributed by atoms with Gasteiger partial charge >= 0.3 is 0 Å². The van der Waals surface area contributed by atoms with Crippen LogP contribution in [0, 0.1) is 31.4 Å². The fraction of sp³-hybridized carbons (Fsp3) is 0.512. The number of halogens is 4. The molecule has 0 spiro atoms. The van der Waals surface area contributed by atoms with Crippen LogP contribution >= 0.6 is 91.5 Å². The molecule has 0 aliphatic rings. The first-order chi connectivity index (χ1) is 68.0. The Hall–Kier alpha value is -9.45. The van der Waals surface area contributed by atoms with Crippen molar-refractivity contribution in [3.8, 4) is 0 Å². The first-order valence-electron chi connectivity index (χ1n) is 50.2. The maximum atomic E-state index is 13.1. The van der Waals surface area contributed by atoms with Crippen LogP contribution < -0.4 is 0 Å². The van der Waals surface area contributed by atoms with Crippen LogP contribution in [-0.2, 0) is 81.2 Å². The molecule has 0 unspecified atom stereocenters. The summed E-state index contributed by atoms with van der Waals surface area (Å²) in [6, 6.07) is 33.6. The van der Waals surface area contributed by atoms with Crippen molar-refractivity contribution in [2.45, 2.75) is 407 Å². The number of hydrogen-bond acceptors (Lipinski definition) is 24. The number of thiazole rings is 4. The van der Waals surface area contributed by atoms with Crippen molar-refractivity contribution in [3.05, 3.63) is 344 Å². The maximum Gasteiger partial charge on any atom is 0.231 e. The van der Waals surface area contributed by atoms with Crippen molar-refractivity contribution in [1.29, 1.82) is 0 Å². The van der Waals surface area contributed by atoms with E-state index >= 15 is 0 Å².